The normalized spacial score (nSPS) is 21.9. The molecule has 184 valence electrons. The molecule has 3 aliphatic rings. The number of aliphatic hydroxyl groups is 1. The maximum absolute atomic E-state index is 13.2. The minimum Gasteiger partial charge on any atom is -0.508 e. The summed E-state index contributed by atoms with van der Waals surface area (Å²) < 4.78 is 16.6. The van der Waals surface area contributed by atoms with Crippen LogP contribution in [0.25, 0.3) is 5.76 Å². The van der Waals surface area contributed by atoms with Gasteiger partial charge in [-0.05, 0) is 42.3 Å². The van der Waals surface area contributed by atoms with Gasteiger partial charge >= 0.3 is 0 Å². The van der Waals surface area contributed by atoms with Gasteiger partial charge in [0.25, 0.3) is 11.7 Å². The molecule has 0 saturated carbocycles. The Morgan fingerprint density at radius 3 is 2.49 bits per heavy atom. The third-order valence-electron chi connectivity index (χ3n) is 6.52. The van der Waals surface area contributed by atoms with Gasteiger partial charge in [0.05, 0.1) is 24.8 Å². The largest absolute Gasteiger partial charge is 0.508 e. The first-order valence-electron chi connectivity index (χ1n) is 11.8. The number of carbonyl (C=O) groups is 2. The van der Waals surface area contributed by atoms with Crippen LogP contribution in [-0.2, 0) is 14.3 Å². The Morgan fingerprint density at radius 2 is 1.71 bits per heavy atom. The Balaban J connectivity index is 1.48. The van der Waals surface area contributed by atoms with E-state index in [-0.39, 0.29) is 17.1 Å². The molecule has 1 amide bonds. The summed E-state index contributed by atoms with van der Waals surface area (Å²) >= 11 is 0. The van der Waals surface area contributed by atoms with Gasteiger partial charge in [-0.1, -0.05) is 12.1 Å². The van der Waals surface area contributed by atoms with Crippen molar-refractivity contribution >= 4 is 17.4 Å². The lowest BCUT2D eigenvalue weighted by atomic mass is 9.95. The molecule has 35 heavy (non-hydrogen) atoms. The van der Waals surface area contributed by atoms with Crippen LogP contribution in [0.2, 0.25) is 0 Å². The quantitative estimate of drug-likeness (QED) is 0.368. The van der Waals surface area contributed by atoms with E-state index in [1.807, 2.05) is 0 Å². The van der Waals surface area contributed by atoms with Gasteiger partial charge in [0.15, 0.2) is 11.5 Å². The number of likely N-dealkylation sites (tertiary alicyclic amines) is 1. The molecule has 3 heterocycles. The van der Waals surface area contributed by atoms with Gasteiger partial charge < -0.3 is 29.3 Å². The highest BCUT2D eigenvalue weighted by Crippen LogP contribution is 2.41. The van der Waals surface area contributed by atoms with Crippen LogP contribution >= 0.6 is 0 Å². The summed E-state index contributed by atoms with van der Waals surface area (Å²) in [4.78, 5) is 30.1. The number of ether oxygens (including phenoxy) is 3. The van der Waals surface area contributed by atoms with Gasteiger partial charge in [-0.3, -0.25) is 14.5 Å². The number of benzene rings is 2. The fraction of sp³-hybridized carbons (Fsp3) is 0.385. The minimum absolute atomic E-state index is 0.0105. The fourth-order valence-corrected chi connectivity index (χ4v) is 4.79. The molecule has 2 aromatic rings. The molecule has 9 nitrogen and oxygen atoms in total. The van der Waals surface area contributed by atoms with E-state index >= 15 is 0 Å². The Kier molecular flexibility index (Phi) is 6.61. The second-order valence-corrected chi connectivity index (χ2v) is 8.75. The number of phenols is 1. The van der Waals surface area contributed by atoms with E-state index in [1.54, 1.807) is 30.3 Å². The molecule has 0 bridgehead atoms. The second kappa shape index (κ2) is 9.97. The van der Waals surface area contributed by atoms with Crippen molar-refractivity contribution in [1.82, 2.24) is 9.80 Å². The summed E-state index contributed by atoms with van der Waals surface area (Å²) in [5.74, 6) is -0.670. The van der Waals surface area contributed by atoms with E-state index in [0.29, 0.717) is 62.0 Å². The highest BCUT2D eigenvalue weighted by molar-refractivity contribution is 6.46. The molecule has 0 spiro atoms. The number of hydrogen-bond acceptors (Lipinski definition) is 8. The predicted octanol–water partition coefficient (Wildman–Crippen LogP) is 2.31. The Bertz CT molecular complexity index is 1160. The number of Topliss-reactive ketones (excluding diaryl/α,β-unsaturated/α-hetero) is 1. The van der Waals surface area contributed by atoms with E-state index in [0.717, 1.165) is 19.6 Å². The summed E-state index contributed by atoms with van der Waals surface area (Å²) in [5.41, 5.74) is 0.893. The zero-order valence-corrected chi connectivity index (χ0v) is 19.3. The monoisotopic (exact) mass is 480 g/mol. The lowest BCUT2D eigenvalue weighted by Gasteiger charge is -2.29. The number of hydrogen-bond donors (Lipinski definition) is 2. The van der Waals surface area contributed by atoms with Crippen molar-refractivity contribution in [1.29, 1.82) is 0 Å². The second-order valence-electron chi connectivity index (χ2n) is 8.75. The molecule has 2 saturated heterocycles. The molecule has 3 aliphatic heterocycles. The molecule has 5 rings (SSSR count). The molecule has 2 fully saturated rings. The molecule has 2 N–H and O–H groups in total. The molecule has 0 aliphatic carbocycles. The van der Waals surface area contributed by atoms with Gasteiger partial charge in [-0.2, -0.15) is 0 Å². The van der Waals surface area contributed by atoms with Crippen molar-refractivity contribution < 1.29 is 34.0 Å². The van der Waals surface area contributed by atoms with Gasteiger partial charge in [0.2, 0.25) is 0 Å². The van der Waals surface area contributed by atoms with Gasteiger partial charge in [0.1, 0.15) is 24.7 Å². The molecule has 0 aromatic heterocycles. The summed E-state index contributed by atoms with van der Waals surface area (Å²) in [7, 11) is 0. The maximum atomic E-state index is 13.2. The highest BCUT2D eigenvalue weighted by atomic mass is 16.6. The van der Waals surface area contributed by atoms with Crippen molar-refractivity contribution in [3.63, 3.8) is 0 Å². The highest BCUT2D eigenvalue weighted by Gasteiger charge is 2.46. The first-order valence-corrected chi connectivity index (χ1v) is 11.8. The molecule has 1 atom stereocenters. The van der Waals surface area contributed by atoms with Crippen LogP contribution in [0, 0.1) is 0 Å². The third kappa shape index (κ3) is 4.69. The van der Waals surface area contributed by atoms with Crippen LogP contribution in [0.15, 0.2) is 48.0 Å². The standard InChI is InChI=1S/C26H28N2O7/c29-19-4-1-3-17(15-19)23-22(24(30)18-5-6-20-21(16-18)35-14-13-34-20)25(31)26(32)28(23)8-2-7-27-9-11-33-12-10-27/h1,3-6,15-16,23,29-30H,2,7-14H2/t23-/m0/s1. The number of fused-ring (bicyclic) bond motifs is 1. The molecular formula is C26H28N2O7. The van der Waals surface area contributed by atoms with Crippen molar-refractivity contribution in [3.05, 3.63) is 59.2 Å². The van der Waals surface area contributed by atoms with Gasteiger partial charge in [-0.25, -0.2) is 0 Å². The van der Waals surface area contributed by atoms with E-state index in [9.17, 15) is 19.8 Å². The van der Waals surface area contributed by atoms with Crippen molar-refractivity contribution in [2.45, 2.75) is 12.5 Å². The first-order chi connectivity index (χ1) is 17.0. The first kappa shape index (κ1) is 23.2. The number of carbonyl (C=O) groups excluding carboxylic acids is 2. The summed E-state index contributed by atoms with van der Waals surface area (Å²) in [6.07, 6.45) is 0.659. The molecule has 0 radical (unpaired) electrons. The summed E-state index contributed by atoms with van der Waals surface area (Å²) in [6, 6.07) is 10.5. The van der Waals surface area contributed by atoms with E-state index in [4.69, 9.17) is 14.2 Å². The van der Waals surface area contributed by atoms with Crippen molar-refractivity contribution in [2.75, 3.05) is 52.6 Å². The van der Waals surface area contributed by atoms with E-state index in [2.05, 4.69) is 4.90 Å². The van der Waals surface area contributed by atoms with Crippen LogP contribution in [-0.4, -0.2) is 84.3 Å². The molecule has 0 unspecified atom stereocenters. The smallest absolute Gasteiger partial charge is 0.295 e. The topological polar surface area (TPSA) is 109 Å². The molecule has 9 heteroatoms. The molecular weight excluding hydrogens is 452 g/mol. The predicted molar refractivity (Wildman–Crippen MR) is 126 cm³/mol. The maximum Gasteiger partial charge on any atom is 0.295 e. The Hall–Kier alpha value is -3.56. The van der Waals surface area contributed by atoms with Crippen LogP contribution in [0.5, 0.6) is 17.2 Å². The average molecular weight is 481 g/mol. The van der Waals surface area contributed by atoms with Crippen LogP contribution in [0.1, 0.15) is 23.6 Å². The van der Waals surface area contributed by atoms with Crippen molar-refractivity contribution in [2.24, 2.45) is 0 Å². The Morgan fingerprint density at radius 1 is 0.943 bits per heavy atom. The van der Waals surface area contributed by atoms with Crippen LogP contribution in [0.4, 0.5) is 0 Å². The number of aliphatic hydroxyl groups excluding tert-OH is 1. The zero-order valence-electron chi connectivity index (χ0n) is 19.3. The Labute approximate surface area is 203 Å². The number of morpholine rings is 1. The van der Waals surface area contributed by atoms with Crippen LogP contribution in [0.3, 0.4) is 0 Å². The van der Waals surface area contributed by atoms with Crippen LogP contribution < -0.4 is 9.47 Å². The van der Waals surface area contributed by atoms with Crippen molar-refractivity contribution in [3.8, 4) is 17.2 Å². The zero-order chi connectivity index (χ0) is 24.4. The number of rotatable bonds is 6. The van der Waals surface area contributed by atoms with E-state index < -0.39 is 17.7 Å². The lowest BCUT2D eigenvalue weighted by molar-refractivity contribution is -0.140. The summed E-state index contributed by atoms with van der Waals surface area (Å²) in [6.45, 7) is 4.95. The number of amides is 1. The van der Waals surface area contributed by atoms with Gasteiger partial charge in [0, 0.05) is 31.7 Å². The minimum atomic E-state index is -0.819. The fourth-order valence-electron chi connectivity index (χ4n) is 4.79. The average Bonchev–Trinajstić information content (AvgIpc) is 3.13. The SMILES string of the molecule is O=C1C(=O)N(CCCN2CCOCC2)[C@@H](c2cccc(O)c2)C1=C(O)c1ccc2c(c1)OCCO2. The number of ketones is 1. The number of nitrogens with zero attached hydrogens (tertiary/aromatic N) is 2. The lowest BCUT2D eigenvalue weighted by Crippen LogP contribution is -2.38. The van der Waals surface area contributed by atoms with Gasteiger partial charge in [-0.15, -0.1) is 0 Å². The summed E-state index contributed by atoms with van der Waals surface area (Å²) in [5, 5.41) is 21.4. The van der Waals surface area contributed by atoms with E-state index in [1.165, 1.54) is 17.0 Å². The molecule has 2 aromatic carbocycles. The number of aromatic hydroxyl groups is 1. The third-order valence-corrected chi connectivity index (χ3v) is 6.52. The number of phenolic OH excluding ortho intramolecular Hbond substituents is 1.